The highest BCUT2D eigenvalue weighted by Gasteiger charge is 2.28. The van der Waals surface area contributed by atoms with Gasteiger partial charge in [-0.05, 0) is 31.4 Å². The predicted octanol–water partition coefficient (Wildman–Crippen LogP) is 2.35. The molecule has 4 rings (SSSR count). The van der Waals surface area contributed by atoms with Gasteiger partial charge in [0, 0.05) is 63.5 Å². The topological polar surface area (TPSA) is 54.5 Å². The third-order valence-corrected chi connectivity index (χ3v) is 6.17. The first kappa shape index (κ1) is 20.3. The number of benzene rings is 1. The summed E-state index contributed by atoms with van der Waals surface area (Å²) in [4.78, 5) is 19.8. The van der Waals surface area contributed by atoms with E-state index in [1.807, 2.05) is 6.07 Å². The molecule has 3 aliphatic rings. The van der Waals surface area contributed by atoms with E-state index in [2.05, 4.69) is 33.8 Å². The number of ether oxygens (including phenoxy) is 3. The molecule has 0 N–H and O–H groups in total. The average Bonchev–Trinajstić information content (AvgIpc) is 3.23. The molecule has 7 nitrogen and oxygen atoms in total. The quantitative estimate of drug-likeness (QED) is 0.697. The van der Waals surface area contributed by atoms with E-state index < -0.39 is 0 Å². The van der Waals surface area contributed by atoms with Crippen LogP contribution in [0.4, 0.5) is 5.69 Å². The molecule has 0 radical (unpaired) electrons. The fraction of sp³-hybridized carbons (Fsp3) is 0.682. The summed E-state index contributed by atoms with van der Waals surface area (Å²) in [5, 5.41) is 0. The molecule has 0 spiro atoms. The van der Waals surface area contributed by atoms with Gasteiger partial charge < -0.3 is 24.0 Å². The molecular weight excluding hydrogens is 370 g/mol. The lowest BCUT2D eigenvalue weighted by Gasteiger charge is -2.40. The highest BCUT2D eigenvalue weighted by Crippen LogP contribution is 2.36. The number of fused-ring (bicyclic) bond motifs is 1. The van der Waals surface area contributed by atoms with E-state index >= 15 is 0 Å². The van der Waals surface area contributed by atoms with Crippen molar-refractivity contribution in [2.24, 2.45) is 0 Å². The maximum absolute atomic E-state index is 12.8. The maximum atomic E-state index is 12.8. The van der Waals surface area contributed by atoms with Gasteiger partial charge in [0.15, 0.2) is 11.5 Å². The molecule has 29 heavy (non-hydrogen) atoms. The number of amides is 1. The zero-order chi connectivity index (χ0) is 20.1. The van der Waals surface area contributed by atoms with Crippen molar-refractivity contribution in [2.75, 3.05) is 64.2 Å². The Morgan fingerprint density at radius 3 is 2.62 bits per heavy atom. The Morgan fingerprint density at radius 1 is 1.10 bits per heavy atom. The molecule has 0 aromatic heterocycles. The first-order valence-electron chi connectivity index (χ1n) is 11.0. The molecule has 0 atom stereocenters. The maximum Gasteiger partial charge on any atom is 0.231 e. The summed E-state index contributed by atoms with van der Waals surface area (Å²) in [6, 6.07) is 6.50. The van der Waals surface area contributed by atoms with Crippen LogP contribution in [0.1, 0.15) is 32.6 Å². The van der Waals surface area contributed by atoms with Crippen LogP contribution >= 0.6 is 0 Å². The van der Waals surface area contributed by atoms with Gasteiger partial charge in [-0.15, -0.1) is 0 Å². The van der Waals surface area contributed by atoms with Crippen molar-refractivity contribution in [3.63, 3.8) is 0 Å². The number of piperidine rings is 1. The lowest BCUT2D eigenvalue weighted by atomic mass is 10.0. The summed E-state index contributed by atoms with van der Waals surface area (Å²) in [6.07, 6.45) is 3.56. The van der Waals surface area contributed by atoms with Crippen molar-refractivity contribution < 1.29 is 19.0 Å². The SMILES string of the molecule is CCCC(=O)N(CCN1CCOCC1)C1CCN(c2ccc3c(c2)OCO3)CC1. The predicted molar refractivity (Wildman–Crippen MR) is 112 cm³/mol. The Hall–Kier alpha value is -1.99. The standard InChI is InChI=1S/C22H33N3O4/c1-2-3-22(26)25(11-10-23-12-14-27-15-13-23)18-6-8-24(9-7-18)19-4-5-20-21(16-19)29-17-28-20/h4-5,16,18H,2-3,6-15,17H2,1H3. The summed E-state index contributed by atoms with van der Waals surface area (Å²) in [6.45, 7) is 9.62. The van der Waals surface area contributed by atoms with Crippen molar-refractivity contribution in [3.8, 4) is 11.5 Å². The van der Waals surface area contributed by atoms with Crippen LogP contribution in [0.5, 0.6) is 11.5 Å². The molecule has 0 bridgehead atoms. The molecule has 160 valence electrons. The molecule has 0 saturated carbocycles. The zero-order valence-corrected chi connectivity index (χ0v) is 17.5. The van der Waals surface area contributed by atoms with Crippen LogP contribution in [0.2, 0.25) is 0 Å². The van der Waals surface area contributed by atoms with Gasteiger partial charge in [-0.25, -0.2) is 0 Å². The molecule has 0 aliphatic carbocycles. The second kappa shape index (κ2) is 9.67. The first-order chi connectivity index (χ1) is 14.2. The van der Waals surface area contributed by atoms with Gasteiger partial charge >= 0.3 is 0 Å². The minimum absolute atomic E-state index is 0.304. The summed E-state index contributed by atoms with van der Waals surface area (Å²) in [5.41, 5.74) is 1.17. The lowest BCUT2D eigenvalue weighted by Crippen LogP contribution is -2.50. The second-order valence-electron chi connectivity index (χ2n) is 8.05. The van der Waals surface area contributed by atoms with Gasteiger partial charge in [0.2, 0.25) is 12.7 Å². The molecule has 2 fully saturated rings. The van der Waals surface area contributed by atoms with E-state index in [1.54, 1.807) is 0 Å². The number of rotatable bonds is 7. The van der Waals surface area contributed by atoms with Gasteiger partial charge in [-0.1, -0.05) is 6.92 Å². The van der Waals surface area contributed by atoms with E-state index in [0.29, 0.717) is 25.2 Å². The minimum Gasteiger partial charge on any atom is -0.454 e. The van der Waals surface area contributed by atoms with E-state index in [9.17, 15) is 4.79 Å². The minimum atomic E-state index is 0.304. The molecule has 3 aliphatic heterocycles. The van der Waals surface area contributed by atoms with Gasteiger partial charge in [-0.3, -0.25) is 9.69 Å². The number of hydrogen-bond donors (Lipinski definition) is 0. The Bertz CT molecular complexity index is 685. The highest BCUT2D eigenvalue weighted by molar-refractivity contribution is 5.76. The summed E-state index contributed by atoms with van der Waals surface area (Å²) in [5.74, 6) is 1.96. The largest absolute Gasteiger partial charge is 0.454 e. The molecule has 2 saturated heterocycles. The van der Waals surface area contributed by atoms with Crippen LogP contribution in [0.25, 0.3) is 0 Å². The van der Waals surface area contributed by atoms with E-state index in [1.165, 1.54) is 5.69 Å². The van der Waals surface area contributed by atoms with Gasteiger partial charge in [0.05, 0.1) is 13.2 Å². The number of morpholine rings is 1. The number of hydrogen-bond acceptors (Lipinski definition) is 6. The smallest absolute Gasteiger partial charge is 0.231 e. The first-order valence-corrected chi connectivity index (χ1v) is 11.0. The molecule has 0 unspecified atom stereocenters. The Morgan fingerprint density at radius 2 is 1.86 bits per heavy atom. The van der Waals surface area contributed by atoms with Crippen LogP contribution in [0, 0.1) is 0 Å². The molecule has 1 aromatic carbocycles. The zero-order valence-electron chi connectivity index (χ0n) is 17.5. The van der Waals surface area contributed by atoms with Crippen LogP contribution in [0.3, 0.4) is 0 Å². The van der Waals surface area contributed by atoms with E-state index in [4.69, 9.17) is 14.2 Å². The third-order valence-electron chi connectivity index (χ3n) is 6.17. The highest BCUT2D eigenvalue weighted by atomic mass is 16.7. The van der Waals surface area contributed by atoms with Crippen molar-refractivity contribution in [1.82, 2.24) is 9.80 Å². The van der Waals surface area contributed by atoms with Crippen LogP contribution < -0.4 is 14.4 Å². The number of carbonyl (C=O) groups is 1. The van der Waals surface area contributed by atoms with Crippen molar-refractivity contribution >= 4 is 11.6 Å². The van der Waals surface area contributed by atoms with E-state index in [0.717, 1.165) is 83.2 Å². The average molecular weight is 404 g/mol. The van der Waals surface area contributed by atoms with Gasteiger partial charge in [0.1, 0.15) is 0 Å². The molecule has 1 amide bonds. The lowest BCUT2D eigenvalue weighted by molar-refractivity contribution is -0.134. The Labute approximate surface area is 173 Å². The fourth-order valence-electron chi connectivity index (χ4n) is 4.46. The molecule has 1 aromatic rings. The molecule has 7 heteroatoms. The number of carbonyl (C=O) groups excluding carboxylic acids is 1. The summed E-state index contributed by atoms with van der Waals surface area (Å²) >= 11 is 0. The second-order valence-corrected chi connectivity index (χ2v) is 8.05. The fourth-order valence-corrected chi connectivity index (χ4v) is 4.46. The molecule has 3 heterocycles. The van der Waals surface area contributed by atoms with Gasteiger partial charge in [-0.2, -0.15) is 0 Å². The van der Waals surface area contributed by atoms with Crippen molar-refractivity contribution in [3.05, 3.63) is 18.2 Å². The Kier molecular flexibility index (Phi) is 6.77. The van der Waals surface area contributed by atoms with Crippen molar-refractivity contribution in [1.29, 1.82) is 0 Å². The third kappa shape index (κ3) is 4.95. The Balaban J connectivity index is 1.34. The van der Waals surface area contributed by atoms with Crippen LogP contribution in [0.15, 0.2) is 18.2 Å². The van der Waals surface area contributed by atoms with Gasteiger partial charge in [0.25, 0.3) is 0 Å². The van der Waals surface area contributed by atoms with Crippen LogP contribution in [-0.4, -0.2) is 81.0 Å². The number of nitrogens with zero attached hydrogens (tertiary/aromatic N) is 3. The monoisotopic (exact) mass is 403 g/mol. The van der Waals surface area contributed by atoms with E-state index in [-0.39, 0.29) is 0 Å². The number of anilines is 1. The normalized spacial score (nSPS) is 20.1. The van der Waals surface area contributed by atoms with Crippen molar-refractivity contribution in [2.45, 2.75) is 38.6 Å². The molecular formula is C22H33N3O4. The summed E-state index contributed by atoms with van der Waals surface area (Å²) in [7, 11) is 0. The summed E-state index contributed by atoms with van der Waals surface area (Å²) < 4.78 is 16.4. The van der Waals surface area contributed by atoms with Crippen LogP contribution in [-0.2, 0) is 9.53 Å².